The number of esters is 1. The lowest BCUT2D eigenvalue weighted by Crippen LogP contribution is -2.20. The molecule has 1 heterocycles. The number of hydrogen-bond donors (Lipinski definition) is 1. The molecule has 0 bridgehead atoms. The fourth-order valence-corrected chi connectivity index (χ4v) is 2.76. The van der Waals surface area contributed by atoms with E-state index in [1.807, 2.05) is 35.7 Å². The normalized spacial score (nSPS) is 10.3. The van der Waals surface area contributed by atoms with Crippen molar-refractivity contribution in [2.24, 2.45) is 0 Å². The molecule has 0 saturated heterocycles. The van der Waals surface area contributed by atoms with Gasteiger partial charge in [-0.2, -0.15) is 0 Å². The molecule has 0 aliphatic heterocycles. The molecule has 2 aromatic carbocycles. The van der Waals surface area contributed by atoms with Crippen LogP contribution in [0.2, 0.25) is 0 Å². The monoisotopic (exact) mass is 356 g/mol. The molecule has 7 heteroatoms. The Labute approximate surface area is 147 Å². The standard InChI is InChI=1S/C18H13FN2O3S/c19-14-8-6-13(7-9-14)17(23)24-10-16(22)21-18-20-15(11-25-18)12-4-2-1-3-5-12/h1-9,11H,10H2,(H,20,21,22). The minimum Gasteiger partial charge on any atom is -0.452 e. The molecule has 1 amide bonds. The van der Waals surface area contributed by atoms with Crippen LogP contribution in [0.1, 0.15) is 10.4 Å². The number of amides is 1. The van der Waals surface area contributed by atoms with E-state index in [0.717, 1.165) is 23.4 Å². The topological polar surface area (TPSA) is 68.3 Å². The zero-order chi connectivity index (χ0) is 17.6. The number of hydrogen-bond acceptors (Lipinski definition) is 5. The van der Waals surface area contributed by atoms with E-state index in [1.165, 1.54) is 23.5 Å². The number of nitrogens with one attached hydrogen (secondary N) is 1. The third-order valence-electron chi connectivity index (χ3n) is 3.23. The number of ether oxygens (including phenoxy) is 1. The van der Waals surface area contributed by atoms with Gasteiger partial charge >= 0.3 is 5.97 Å². The number of aromatic nitrogens is 1. The van der Waals surface area contributed by atoms with Crippen LogP contribution in [0.3, 0.4) is 0 Å². The van der Waals surface area contributed by atoms with Crippen LogP contribution in [0.25, 0.3) is 11.3 Å². The first-order chi connectivity index (χ1) is 12.1. The van der Waals surface area contributed by atoms with Crippen LogP contribution in [0.5, 0.6) is 0 Å². The van der Waals surface area contributed by atoms with Crippen LogP contribution in [-0.2, 0) is 9.53 Å². The summed E-state index contributed by atoms with van der Waals surface area (Å²) < 4.78 is 17.7. The molecule has 3 rings (SSSR count). The Morgan fingerprint density at radius 3 is 2.52 bits per heavy atom. The average Bonchev–Trinajstić information content (AvgIpc) is 3.09. The number of anilines is 1. The van der Waals surface area contributed by atoms with Crippen molar-refractivity contribution in [3.63, 3.8) is 0 Å². The summed E-state index contributed by atoms with van der Waals surface area (Å²) in [4.78, 5) is 28.0. The molecular formula is C18H13FN2O3S. The second-order valence-electron chi connectivity index (χ2n) is 5.04. The lowest BCUT2D eigenvalue weighted by atomic mass is 10.2. The van der Waals surface area contributed by atoms with E-state index >= 15 is 0 Å². The number of carbonyl (C=O) groups is 2. The summed E-state index contributed by atoms with van der Waals surface area (Å²) in [5.74, 6) is -1.64. The Hall–Kier alpha value is -3.06. The largest absolute Gasteiger partial charge is 0.452 e. The number of rotatable bonds is 5. The zero-order valence-corrected chi connectivity index (χ0v) is 13.8. The van der Waals surface area contributed by atoms with Gasteiger partial charge in [0.1, 0.15) is 5.82 Å². The SMILES string of the molecule is O=C(COC(=O)c1ccc(F)cc1)Nc1nc(-c2ccccc2)cs1. The molecule has 0 aliphatic carbocycles. The van der Waals surface area contributed by atoms with Crippen molar-refractivity contribution in [1.82, 2.24) is 4.98 Å². The molecule has 0 spiro atoms. The minimum atomic E-state index is -0.695. The molecule has 0 saturated carbocycles. The van der Waals surface area contributed by atoms with Gasteiger partial charge in [0, 0.05) is 10.9 Å². The van der Waals surface area contributed by atoms with Crippen molar-refractivity contribution in [2.75, 3.05) is 11.9 Å². The second-order valence-corrected chi connectivity index (χ2v) is 5.89. The Morgan fingerprint density at radius 1 is 1.08 bits per heavy atom. The molecule has 1 N–H and O–H groups in total. The maximum Gasteiger partial charge on any atom is 0.338 e. The molecule has 5 nitrogen and oxygen atoms in total. The number of carbonyl (C=O) groups excluding carboxylic acids is 2. The quantitative estimate of drug-likeness (QED) is 0.707. The second kappa shape index (κ2) is 7.67. The highest BCUT2D eigenvalue weighted by Gasteiger charge is 2.12. The lowest BCUT2D eigenvalue weighted by molar-refractivity contribution is -0.119. The van der Waals surface area contributed by atoms with Gasteiger partial charge < -0.3 is 4.74 Å². The number of thiazole rings is 1. The van der Waals surface area contributed by atoms with Gasteiger partial charge in [-0.3, -0.25) is 10.1 Å². The Bertz CT molecular complexity index is 879. The predicted octanol–water partition coefficient (Wildman–Crippen LogP) is 3.74. The van der Waals surface area contributed by atoms with E-state index in [1.54, 1.807) is 0 Å². The number of nitrogens with zero attached hydrogens (tertiary/aromatic N) is 1. The van der Waals surface area contributed by atoms with Gasteiger partial charge in [-0.05, 0) is 24.3 Å². The zero-order valence-electron chi connectivity index (χ0n) is 12.9. The van der Waals surface area contributed by atoms with E-state index in [0.29, 0.717) is 5.13 Å². The molecule has 25 heavy (non-hydrogen) atoms. The fourth-order valence-electron chi connectivity index (χ4n) is 2.03. The van der Waals surface area contributed by atoms with Gasteiger partial charge in [0.05, 0.1) is 11.3 Å². The van der Waals surface area contributed by atoms with Crippen LogP contribution in [-0.4, -0.2) is 23.5 Å². The van der Waals surface area contributed by atoms with E-state index in [4.69, 9.17) is 4.74 Å². The van der Waals surface area contributed by atoms with Gasteiger partial charge in [-0.1, -0.05) is 30.3 Å². The lowest BCUT2D eigenvalue weighted by Gasteiger charge is -2.04. The molecule has 3 aromatic rings. The summed E-state index contributed by atoms with van der Waals surface area (Å²) in [5.41, 5.74) is 1.88. The summed E-state index contributed by atoms with van der Waals surface area (Å²) in [7, 11) is 0. The van der Waals surface area contributed by atoms with Crippen LogP contribution >= 0.6 is 11.3 Å². The molecule has 0 radical (unpaired) electrons. The molecule has 0 aliphatic rings. The van der Waals surface area contributed by atoms with Crippen LogP contribution in [0.15, 0.2) is 60.0 Å². The first kappa shape index (κ1) is 16.8. The molecule has 126 valence electrons. The molecule has 0 unspecified atom stereocenters. The highest BCUT2D eigenvalue weighted by Crippen LogP contribution is 2.24. The van der Waals surface area contributed by atoms with Gasteiger partial charge in [-0.25, -0.2) is 14.2 Å². The van der Waals surface area contributed by atoms with E-state index in [2.05, 4.69) is 10.3 Å². The number of benzene rings is 2. The third-order valence-corrected chi connectivity index (χ3v) is 3.99. The molecule has 1 aromatic heterocycles. The average molecular weight is 356 g/mol. The van der Waals surface area contributed by atoms with Crippen molar-refractivity contribution >= 4 is 28.3 Å². The molecule has 0 fully saturated rings. The number of halogens is 1. The van der Waals surface area contributed by atoms with Crippen LogP contribution < -0.4 is 5.32 Å². The summed E-state index contributed by atoms with van der Waals surface area (Å²) >= 11 is 1.28. The fraction of sp³-hybridized carbons (Fsp3) is 0.0556. The Kier molecular flexibility index (Phi) is 5.15. The van der Waals surface area contributed by atoms with E-state index < -0.39 is 24.3 Å². The predicted molar refractivity (Wildman–Crippen MR) is 92.9 cm³/mol. The Morgan fingerprint density at radius 2 is 1.80 bits per heavy atom. The van der Waals surface area contributed by atoms with Crippen molar-refractivity contribution < 1.29 is 18.7 Å². The van der Waals surface area contributed by atoms with Crippen molar-refractivity contribution in [1.29, 1.82) is 0 Å². The first-order valence-electron chi connectivity index (χ1n) is 7.35. The minimum absolute atomic E-state index is 0.176. The summed E-state index contributed by atoms with van der Waals surface area (Å²) in [5, 5.41) is 4.83. The van der Waals surface area contributed by atoms with Gasteiger partial charge in [0.15, 0.2) is 11.7 Å². The smallest absolute Gasteiger partial charge is 0.338 e. The molecular weight excluding hydrogens is 343 g/mol. The van der Waals surface area contributed by atoms with E-state index in [-0.39, 0.29) is 5.56 Å². The maximum atomic E-state index is 12.8. The Balaban J connectivity index is 1.54. The molecule has 0 atom stereocenters. The summed E-state index contributed by atoms with van der Waals surface area (Å²) in [6.45, 7) is -0.448. The summed E-state index contributed by atoms with van der Waals surface area (Å²) in [6, 6.07) is 14.5. The van der Waals surface area contributed by atoms with Crippen LogP contribution in [0.4, 0.5) is 9.52 Å². The van der Waals surface area contributed by atoms with Crippen molar-refractivity contribution in [3.05, 3.63) is 71.4 Å². The highest BCUT2D eigenvalue weighted by atomic mass is 32.1. The van der Waals surface area contributed by atoms with Crippen molar-refractivity contribution in [3.8, 4) is 11.3 Å². The first-order valence-corrected chi connectivity index (χ1v) is 8.23. The maximum absolute atomic E-state index is 12.8. The highest BCUT2D eigenvalue weighted by molar-refractivity contribution is 7.14. The van der Waals surface area contributed by atoms with Gasteiger partial charge in [0.25, 0.3) is 5.91 Å². The van der Waals surface area contributed by atoms with Crippen molar-refractivity contribution in [2.45, 2.75) is 0 Å². The van der Waals surface area contributed by atoms with Gasteiger partial charge in [-0.15, -0.1) is 11.3 Å². The van der Waals surface area contributed by atoms with Gasteiger partial charge in [0.2, 0.25) is 0 Å². The van der Waals surface area contributed by atoms with Crippen LogP contribution in [0, 0.1) is 5.82 Å². The summed E-state index contributed by atoms with van der Waals surface area (Å²) in [6.07, 6.45) is 0. The third kappa shape index (κ3) is 4.48. The van der Waals surface area contributed by atoms with E-state index in [9.17, 15) is 14.0 Å².